The largest absolute Gasteiger partial charge is 0.497 e. The van der Waals surface area contributed by atoms with Crippen LogP contribution in [0.2, 0.25) is 0 Å². The number of hydrogen-bond acceptors (Lipinski definition) is 6. The predicted octanol–water partition coefficient (Wildman–Crippen LogP) is 3.78. The highest BCUT2D eigenvalue weighted by Gasteiger charge is 2.19. The Morgan fingerprint density at radius 1 is 1.06 bits per heavy atom. The molecule has 172 valence electrons. The molecule has 0 bridgehead atoms. The van der Waals surface area contributed by atoms with Crippen molar-refractivity contribution in [1.29, 1.82) is 0 Å². The van der Waals surface area contributed by atoms with Crippen molar-refractivity contribution in [2.45, 2.75) is 32.7 Å². The zero-order chi connectivity index (χ0) is 23.8. The van der Waals surface area contributed by atoms with Gasteiger partial charge in [-0.1, -0.05) is 18.2 Å². The van der Waals surface area contributed by atoms with Gasteiger partial charge in [0.05, 0.1) is 29.6 Å². The molecule has 33 heavy (non-hydrogen) atoms. The van der Waals surface area contributed by atoms with E-state index >= 15 is 0 Å². The fourth-order valence-electron chi connectivity index (χ4n) is 3.52. The van der Waals surface area contributed by atoms with Gasteiger partial charge < -0.3 is 20.7 Å². The van der Waals surface area contributed by atoms with E-state index in [0.717, 1.165) is 28.8 Å². The van der Waals surface area contributed by atoms with Crippen LogP contribution in [0.15, 0.2) is 54.7 Å². The molecule has 0 spiro atoms. The van der Waals surface area contributed by atoms with Gasteiger partial charge in [-0.25, -0.2) is 0 Å². The van der Waals surface area contributed by atoms with Gasteiger partial charge in [0, 0.05) is 37.2 Å². The first-order valence-corrected chi connectivity index (χ1v) is 10.8. The molecular weight excluding hydrogens is 420 g/mol. The SMILES string of the molecule is COc1cc(NC(C)CCCNC(=O)C(=O)c2ccccc2NC(C)=O)c2ncccc2c1. The number of carbonyl (C=O) groups excluding carboxylic acids is 3. The molecule has 0 aliphatic carbocycles. The molecule has 0 fully saturated rings. The fourth-order valence-corrected chi connectivity index (χ4v) is 3.52. The minimum Gasteiger partial charge on any atom is -0.497 e. The molecule has 3 N–H and O–H groups in total. The maximum atomic E-state index is 12.5. The van der Waals surface area contributed by atoms with Gasteiger partial charge in [0.1, 0.15) is 5.75 Å². The van der Waals surface area contributed by atoms with Crippen LogP contribution in [-0.2, 0) is 9.59 Å². The standard InChI is InChI=1S/C25H28N4O4/c1-16(28-22-15-19(33-3)14-18-9-7-12-26-23(18)22)8-6-13-27-25(32)24(31)20-10-4-5-11-21(20)29-17(2)30/h4-5,7,9-12,14-16,28H,6,8,13H2,1-3H3,(H,27,32)(H,29,30). The van der Waals surface area contributed by atoms with E-state index in [9.17, 15) is 14.4 Å². The van der Waals surface area contributed by atoms with Crippen molar-refractivity contribution in [3.8, 4) is 5.75 Å². The van der Waals surface area contributed by atoms with Crippen molar-refractivity contribution in [2.75, 3.05) is 24.3 Å². The Labute approximate surface area is 192 Å². The van der Waals surface area contributed by atoms with Crippen LogP contribution in [0.4, 0.5) is 11.4 Å². The normalized spacial score (nSPS) is 11.5. The number of ether oxygens (including phenoxy) is 1. The van der Waals surface area contributed by atoms with Crippen molar-refractivity contribution < 1.29 is 19.1 Å². The van der Waals surface area contributed by atoms with E-state index in [1.807, 2.05) is 31.2 Å². The molecule has 3 aromatic rings. The molecule has 3 rings (SSSR count). The molecule has 2 aromatic carbocycles. The summed E-state index contributed by atoms with van der Waals surface area (Å²) in [5.74, 6) is -0.942. The molecule has 8 nitrogen and oxygen atoms in total. The number of nitrogens with zero attached hydrogens (tertiary/aromatic N) is 1. The summed E-state index contributed by atoms with van der Waals surface area (Å²) in [6.45, 7) is 3.75. The minimum atomic E-state index is -0.698. The van der Waals surface area contributed by atoms with Gasteiger partial charge in [-0.3, -0.25) is 19.4 Å². The van der Waals surface area contributed by atoms with Crippen LogP contribution < -0.4 is 20.7 Å². The number of Topliss-reactive ketones (excluding diaryl/α,β-unsaturated/α-hetero) is 1. The van der Waals surface area contributed by atoms with Gasteiger partial charge >= 0.3 is 0 Å². The topological polar surface area (TPSA) is 109 Å². The monoisotopic (exact) mass is 448 g/mol. The summed E-state index contributed by atoms with van der Waals surface area (Å²) >= 11 is 0. The quantitative estimate of drug-likeness (QED) is 0.247. The van der Waals surface area contributed by atoms with Crippen LogP contribution in [0.25, 0.3) is 10.9 Å². The number of methoxy groups -OCH3 is 1. The summed E-state index contributed by atoms with van der Waals surface area (Å²) in [7, 11) is 1.63. The van der Waals surface area contributed by atoms with Crippen molar-refractivity contribution in [3.63, 3.8) is 0 Å². The molecule has 0 saturated carbocycles. The number of nitrogens with one attached hydrogen (secondary N) is 3. The van der Waals surface area contributed by atoms with Crippen LogP contribution in [0.3, 0.4) is 0 Å². The Morgan fingerprint density at radius 2 is 1.85 bits per heavy atom. The maximum absolute atomic E-state index is 12.5. The second-order valence-corrected chi connectivity index (χ2v) is 7.75. The van der Waals surface area contributed by atoms with Crippen LogP contribution in [-0.4, -0.2) is 42.3 Å². The zero-order valence-electron chi connectivity index (χ0n) is 19.0. The molecule has 0 saturated heterocycles. The second kappa shape index (κ2) is 11.1. The van der Waals surface area contributed by atoms with Crippen LogP contribution in [0, 0.1) is 0 Å². The van der Waals surface area contributed by atoms with E-state index in [2.05, 4.69) is 20.9 Å². The van der Waals surface area contributed by atoms with Crippen molar-refractivity contribution in [2.24, 2.45) is 0 Å². The first kappa shape index (κ1) is 23.7. The number of para-hydroxylation sites is 1. The highest BCUT2D eigenvalue weighted by Crippen LogP contribution is 2.28. The summed E-state index contributed by atoms with van der Waals surface area (Å²) in [6.07, 6.45) is 3.19. The minimum absolute atomic E-state index is 0.107. The van der Waals surface area contributed by atoms with Crippen molar-refractivity contribution in [3.05, 3.63) is 60.3 Å². The third kappa shape index (κ3) is 6.29. The zero-order valence-corrected chi connectivity index (χ0v) is 19.0. The molecule has 2 amide bonds. The third-order valence-electron chi connectivity index (χ3n) is 5.10. The van der Waals surface area contributed by atoms with Gasteiger partial charge in [-0.2, -0.15) is 0 Å². The number of pyridine rings is 1. The van der Waals surface area contributed by atoms with E-state index in [-0.39, 0.29) is 17.5 Å². The fraction of sp³-hybridized carbons (Fsp3) is 0.280. The number of aromatic nitrogens is 1. The number of amides is 2. The molecule has 0 aliphatic rings. The smallest absolute Gasteiger partial charge is 0.292 e. The van der Waals surface area contributed by atoms with Crippen molar-refractivity contribution >= 4 is 39.9 Å². The number of ketones is 1. The van der Waals surface area contributed by atoms with E-state index in [1.54, 1.807) is 31.5 Å². The lowest BCUT2D eigenvalue weighted by Crippen LogP contribution is -2.33. The number of anilines is 2. The predicted molar refractivity (Wildman–Crippen MR) is 129 cm³/mol. The third-order valence-corrected chi connectivity index (χ3v) is 5.10. The van der Waals surface area contributed by atoms with Gasteiger partial charge in [0.25, 0.3) is 11.7 Å². The second-order valence-electron chi connectivity index (χ2n) is 7.75. The summed E-state index contributed by atoms with van der Waals surface area (Å²) in [6, 6.07) is 14.3. The molecule has 1 aromatic heterocycles. The lowest BCUT2D eigenvalue weighted by atomic mass is 10.1. The van der Waals surface area contributed by atoms with Crippen LogP contribution in [0.5, 0.6) is 5.75 Å². The van der Waals surface area contributed by atoms with E-state index in [0.29, 0.717) is 18.7 Å². The first-order chi connectivity index (χ1) is 15.9. The Hall–Kier alpha value is -3.94. The van der Waals surface area contributed by atoms with Gasteiger partial charge in [-0.05, 0) is 44.0 Å². The molecule has 1 atom stereocenters. The average molecular weight is 449 g/mol. The molecule has 1 heterocycles. The number of carbonyl (C=O) groups is 3. The first-order valence-electron chi connectivity index (χ1n) is 10.8. The number of rotatable bonds is 10. The van der Waals surface area contributed by atoms with Gasteiger partial charge in [0.2, 0.25) is 5.91 Å². The van der Waals surface area contributed by atoms with Crippen LogP contribution >= 0.6 is 0 Å². The molecule has 8 heteroatoms. The Morgan fingerprint density at radius 3 is 2.61 bits per heavy atom. The Bertz CT molecular complexity index is 1160. The summed E-state index contributed by atoms with van der Waals surface area (Å²) in [5.41, 5.74) is 2.23. The lowest BCUT2D eigenvalue weighted by molar-refractivity contribution is -0.117. The highest BCUT2D eigenvalue weighted by molar-refractivity contribution is 6.44. The Balaban J connectivity index is 1.52. The lowest BCUT2D eigenvalue weighted by Gasteiger charge is -2.17. The van der Waals surface area contributed by atoms with E-state index in [1.165, 1.54) is 13.0 Å². The van der Waals surface area contributed by atoms with E-state index < -0.39 is 11.7 Å². The van der Waals surface area contributed by atoms with Crippen LogP contribution in [0.1, 0.15) is 37.0 Å². The molecule has 0 radical (unpaired) electrons. The number of hydrogen-bond donors (Lipinski definition) is 3. The summed E-state index contributed by atoms with van der Waals surface area (Å²) in [5, 5.41) is 9.68. The van der Waals surface area contributed by atoms with E-state index in [4.69, 9.17) is 4.74 Å². The number of benzene rings is 2. The molecule has 1 unspecified atom stereocenters. The Kier molecular flexibility index (Phi) is 7.96. The maximum Gasteiger partial charge on any atom is 0.292 e. The van der Waals surface area contributed by atoms with Gasteiger partial charge in [0.15, 0.2) is 0 Å². The van der Waals surface area contributed by atoms with Gasteiger partial charge in [-0.15, -0.1) is 0 Å². The average Bonchev–Trinajstić information content (AvgIpc) is 2.81. The highest BCUT2D eigenvalue weighted by atomic mass is 16.5. The van der Waals surface area contributed by atoms with Crippen molar-refractivity contribution in [1.82, 2.24) is 10.3 Å². The number of fused-ring (bicyclic) bond motifs is 1. The molecule has 0 aliphatic heterocycles. The summed E-state index contributed by atoms with van der Waals surface area (Å²) < 4.78 is 5.39. The summed E-state index contributed by atoms with van der Waals surface area (Å²) in [4.78, 5) is 40.6. The molecular formula is C25H28N4O4.